The average Bonchev–Trinajstić information content (AvgIpc) is 3.62. The predicted molar refractivity (Wildman–Crippen MR) is 131 cm³/mol. The Morgan fingerprint density at radius 3 is 2.59 bits per heavy atom. The molecule has 2 fully saturated rings. The van der Waals surface area contributed by atoms with Crippen LogP contribution in [0.5, 0.6) is 0 Å². The van der Waals surface area contributed by atoms with Gasteiger partial charge in [0.1, 0.15) is 17.8 Å². The number of amides is 1. The molecule has 1 atom stereocenters. The lowest BCUT2D eigenvalue weighted by atomic mass is 10.1. The van der Waals surface area contributed by atoms with E-state index in [-0.39, 0.29) is 19.1 Å². The van der Waals surface area contributed by atoms with Crippen molar-refractivity contribution in [2.75, 3.05) is 24.5 Å². The summed E-state index contributed by atoms with van der Waals surface area (Å²) < 4.78 is 46.4. The molecule has 0 unspecified atom stereocenters. The molecule has 3 heterocycles. The van der Waals surface area contributed by atoms with Crippen molar-refractivity contribution in [3.05, 3.63) is 47.9 Å². The second-order valence-electron chi connectivity index (χ2n) is 10.2. The first-order chi connectivity index (χ1) is 17.5. The number of hydrogen-bond acceptors (Lipinski definition) is 6. The lowest BCUT2D eigenvalue weighted by molar-refractivity contribution is -0.246. The van der Waals surface area contributed by atoms with Gasteiger partial charge in [-0.05, 0) is 63.3 Å². The highest BCUT2D eigenvalue weighted by molar-refractivity contribution is 5.93. The summed E-state index contributed by atoms with van der Waals surface area (Å²) in [4.78, 5) is 25.1. The Bertz CT molecular complexity index is 1390. The van der Waals surface area contributed by atoms with E-state index in [0.29, 0.717) is 18.0 Å². The number of carbonyl (C=O) groups excluding carboxylic acids is 1. The molecule has 5 rings (SSSR count). The molecule has 0 spiro atoms. The first-order valence-electron chi connectivity index (χ1n) is 12.2. The number of hydrogen-bond donors (Lipinski definition) is 0. The standard InChI is InChI=1S/C26H27F3N6O2/c1-16-13-33(24(36)37-25(2,3)26(27,28)29)9-10-34(16)22-21-20(18-7-8-18)14-35(23(21)32-15-31-22)19-6-4-5-17(11-19)12-30/h4-6,11,14-16,18H,7-10,13H2,1-3H3/t16-/m0/s1. The molecule has 3 aromatic rings. The summed E-state index contributed by atoms with van der Waals surface area (Å²) in [5.41, 5.74) is 0.658. The minimum atomic E-state index is -4.66. The quantitative estimate of drug-likeness (QED) is 0.480. The van der Waals surface area contributed by atoms with Crippen molar-refractivity contribution in [3.8, 4) is 11.8 Å². The molecule has 0 bridgehead atoms. The zero-order chi connectivity index (χ0) is 26.5. The number of alkyl halides is 3. The van der Waals surface area contributed by atoms with Crippen molar-refractivity contribution in [2.45, 2.75) is 57.3 Å². The molecular weight excluding hydrogens is 485 g/mol. The van der Waals surface area contributed by atoms with Crippen LogP contribution < -0.4 is 4.90 Å². The molecule has 1 aliphatic heterocycles. The van der Waals surface area contributed by atoms with Crippen molar-refractivity contribution in [1.82, 2.24) is 19.4 Å². The molecule has 0 N–H and O–H groups in total. The molecule has 1 aromatic carbocycles. The number of ether oxygens (including phenoxy) is 1. The van der Waals surface area contributed by atoms with Gasteiger partial charge in [0.15, 0.2) is 0 Å². The number of piperazine rings is 1. The second kappa shape index (κ2) is 8.94. The summed E-state index contributed by atoms with van der Waals surface area (Å²) in [6.07, 6.45) is 0.0454. The van der Waals surface area contributed by atoms with Crippen LogP contribution in [0.25, 0.3) is 16.7 Å². The number of nitriles is 1. The van der Waals surface area contributed by atoms with Gasteiger partial charge in [0.2, 0.25) is 5.60 Å². The van der Waals surface area contributed by atoms with E-state index in [2.05, 4.69) is 27.1 Å². The van der Waals surface area contributed by atoms with Gasteiger partial charge in [-0.15, -0.1) is 0 Å². The van der Waals surface area contributed by atoms with Gasteiger partial charge >= 0.3 is 12.3 Å². The van der Waals surface area contributed by atoms with E-state index in [9.17, 15) is 23.2 Å². The third kappa shape index (κ3) is 4.56. The number of nitrogens with zero attached hydrogens (tertiary/aromatic N) is 6. The Kier molecular flexibility index (Phi) is 6.01. The average molecular weight is 513 g/mol. The van der Waals surface area contributed by atoms with Gasteiger partial charge < -0.3 is 19.1 Å². The molecule has 194 valence electrons. The predicted octanol–water partition coefficient (Wildman–Crippen LogP) is 5.16. The van der Waals surface area contributed by atoms with E-state index in [1.807, 2.05) is 29.7 Å². The summed E-state index contributed by atoms with van der Waals surface area (Å²) in [5.74, 6) is 1.13. The highest BCUT2D eigenvalue weighted by atomic mass is 19.4. The lowest BCUT2D eigenvalue weighted by Crippen LogP contribution is -2.56. The molecule has 0 radical (unpaired) electrons. The van der Waals surface area contributed by atoms with E-state index in [4.69, 9.17) is 4.74 Å². The third-order valence-corrected chi connectivity index (χ3v) is 7.05. The number of anilines is 1. The number of rotatable bonds is 4. The summed E-state index contributed by atoms with van der Waals surface area (Å²) in [6, 6.07) is 9.27. The number of halogens is 3. The largest absolute Gasteiger partial charge is 0.434 e. The van der Waals surface area contributed by atoms with Gasteiger partial charge in [0.25, 0.3) is 0 Å². The second-order valence-corrected chi connectivity index (χ2v) is 10.2. The van der Waals surface area contributed by atoms with Crippen LogP contribution in [-0.4, -0.2) is 63.0 Å². The number of fused-ring (bicyclic) bond motifs is 1. The molecule has 8 nitrogen and oxygen atoms in total. The van der Waals surface area contributed by atoms with Crippen molar-refractivity contribution in [1.29, 1.82) is 5.26 Å². The van der Waals surface area contributed by atoms with E-state index < -0.39 is 17.9 Å². The van der Waals surface area contributed by atoms with Crippen LogP contribution in [0.2, 0.25) is 0 Å². The molecule has 1 amide bonds. The van der Waals surface area contributed by atoms with Crippen molar-refractivity contribution in [3.63, 3.8) is 0 Å². The maximum absolute atomic E-state index is 13.2. The molecule has 11 heteroatoms. The summed E-state index contributed by atoms with van der Waals surface area (Å²) in [7, 11) is 0. The van der Waals surface area contributed by atoms with E-state index >= 15 is 0 Å². The van der Waals surface area contributed by atoms with E-state index in [1.165, 1.54) is 11.2 Å². The number of benzene rings is 1. The minimum absolute atomic E-state index is 0.196. The minimum Gasteiger partial charge on any atom is -0.434 e. The van der Waals surface area contributed by atoms with Gasteiger partial charge in [0.05, 0.1) is 17.0 Å². The first-order valence-corrected chi connectivity index (χ1v) is 12.2. The smallest absolute Gasteiger partial charge is 0.427 e. The fourth-order valence-corrected chi connectivity index (χ4v) is 4.70. The zero-order valence-electron chi connectivity index (χ0n) is 20.8. The highest BCUT2D eigenvalue weighted by Gasteiger charge is 2.51. The third-order valence-electron chi connectivity index (χ3n) is 7.05. The van der Waals surface area contributed by atoms with Crippen LogP contribution in [0.3, 0.4) is 0 Å². The monoisotopic (exact) mass is 512 g/mol. The van der Waals surface area contributed by atoms with Crippen LogP contribution in [0.4, 0.5) is 23.8 Å². The molecule has 2 aromatic heterocycles. The van der Waals surface area contributed by atoms with Crippen LogP contribution in [0.1, 0.15) is 50.7 Å². The molecule has 1 aliphatic carbocycles. The van der Waals surface area contributed by atoms with Gasteiger partial charge in [-0.3, -0.25) is 0 Å². The summed E-state index contributed by atoms with van der Waals surface area (Å²) in [5, 5.41) is 10.3. The summed E-state index contributed by atoms with van der Waals surface area (Å²) in [6.45, 7) is 4.38. The fourth-order valence-electron chi connectivity index (χ4n) is 4.70. The Morgan fingerprint density at radius 2 is 1.95 bits per heavy atom. The lowest BCUT2D eigenvalue weighted by Gasteiger charge is -2.41. The Labute approximate surface area is 212 Å². The zero-order valence-corrected chi connectivity index (χ0v) is 20.8. The van der Waals surface area contributed by atoms with Crippen molar-refractivity contribution < 1.29 is 22.7 Å². The normalized spacial score (nSPS) is 18.7. The fraction of sp³-hybridized carbons (Fsp3) is 0.462. The van der Waals surface area contributed by atoms with E-state index in [1.54, 1.807) is 6.07 Å². The summed E-state index contributed by atoms with van der Waals surface area (Å²) >= 11 is 0. The number of aromatic nitrogens is 3. The number of carbonyl (C=O) groups is 1. The van der Waals surface area contributed by atoms with Crippen LogP contribution in [0.15, 0.2) is 36.8 Å². The van der Waals surface area contributed by atoms with Gasteiger partial charge in [-0.1, -0.05) is 6.07 Å². The maximum Gasteiger partial charge on any atom is 0.427 e. The topological polar surface area (TPSA) is 87.3 Å². The first kappa shape index (κ1) is 24.9. The Balaban J connectivity index is 1.45. The van der Waals surface area contributed by atoms with Crippen LogP contribution in [0, 0.1) is 11.3 Å². The van der Waals surface area contributed by atoms with Crippen LogP contribution >= 0.6 is 0 Å². The van der Waals surface area contributed by atoms with Crippen LogP contribution in [-0.2, 0) is 4.74 Å². The van der Waals surface area contributed by atoms with Gasteiger partial charge in [0, 0.05) is 37.6 Å². The SMILES string of the molecule is C[C@H]1CN(C(=O)OC(C)(C)C(F)(F)F)CCN1c1ncnc2c1c(C1CC1)cn2-c1cccc(C#N)c1. The highest BCUT2D eigenvalue weighted by Crippen LogP contribution is 2.46. The molecule has 1 saturated carbocycles. The van der Waals surface area contributed by atoms with E-state index in [0.717, 1.165) is 54.8 Å². The van der Waals surface area contributed by atoms with Crippen molar-refractivity contribution in [2.24, 2.45) is 0 Å². The Morgan fingerprint density at radius 1 is 1.19 bits per heavy atom. The molecule has 1 saturated heterocycles. The van der Waals surface area contributed by atoms with Crippen molar-refractivity contribution >= 4 is 22.9 Å². The Hall–Kier alpha value is -3.81. The molecule has 37 heavy (non-hydrogen) atoms. The maximum atomic E-state index is 13.2. The molecular formula is C26H27F3N6O2. The van der Waals surface area contributed by atoms with Gasteiger partial charge in [-0.2, -0.15) is 18.4 Å². The van der Waals surface area contributed by atoms with Gasteiger partial charge in [-0.25, -0.2) is 14.8 Å². The molecule has 2 aliphatic rings.